The maximum Gasteiger partial charge on any atom is 0.249 e. The van der Waals surface area contributed by atoms with Crippen molar-refractivity contribution in [2.75, 3.05) is 26.2 Å². The molecule has 0 aromatic carbocycles. The van der Waals surface area contributed by atoms with Crippen molar-refractivity contribution in [2.45, 2.75) is 39.0 Å². The molecule has 1 saturated heterocycles. The van der Waals surface area contributed by atoms with E-state index in [1.165, 1.54) is 0 Å². The lowest BCUT2D eigenvalue weighted by molar-refractivity contribution is -0.212. The Morgan fingerprint density at radius 2 is 1.94 bits per heavy atom. The van der Waals surface area contributed by atoms with Crippen molar-refractivity contribution >= 4 is 0 Å². The molecule has 98 valence electrons. The molecular formula is C13H21F2NO. The maximum atomic E-state index is 12.8. The van der Waals surface area contributed by atoms with Crippen LogP contribution in [0.5, 0.6) is 0 Å². The smallest absolute Gasteiger partial charge is 0.249 e. The minimum absolute atomic E-state index is 0.0763. The first kappa shape index (κ1) is 12.8. The third-order valence-corrected chi connectivity index (χ3v) is 3.53. The van der Waals surface area contributed by atoms with Crippen molar-refractivity contribution in [1.29, 1.82) is 0 Å². The first-order chi connectivity index (χ1) is 7.99. The Kier molecular flexibility index (Phi) is 3.43. The highest BCUT2D eigenvalue weighted by Crippen LogP contribution is 2.56. The molecule has 1 heterocycles. The zero-order valence-corrected chi connectivity index (χ0v) is 10.6. The van der Waals surface area contributed by atoms with E-state index in [4.69, 9.17) is 4.74 Å². The van der Waals surface area contributed by atoms with Crippen LogP contribution in [0.15, 0.2) is 11.8 Å². The number of nitrogens with zero attached hydrogens (tertiary/aromatic N) is 1. The van der Waals surface area contributed by atoms with Gasteiger partial charge < -0.3 is 4.74 Å². The van der Waals surface area contributed by atoms with Gasteiger partial charge in [0.1, 0.15) is 5.76 Å². The zero-order valence-electron chi connectivity index (χ0n) is 10.6. The molecule has 4 heteroatoms. The number of halogens is 2. The van der Waals surface area contributed by atoms with Gasteiger partial charge in [0.05, 0.1) is 13.2 Å². The normalized spacial score (nSPS) is 26.5. The van der Waals surface area contributed by atoms with E-state index in [2.05, 4.69) is 17.9 Å². The molecule has 0 atom stereocenters. The van der Waals surface area contributed by atoms with Gasteiger partial charge in [-0.15, -0.1) is 0 Å². The van der Waals surface area contributed by atoms with E-state index in [0.717, 1.165) is 31.8 Å². The number of hydrogen-bond donors (Lipinski definition) is 0. The van der Waals surface area contributed by atoms with Gasteiger partial charge in [-0.2, -0.15) is 0 Å². The molecule has 1 aliphatic carbocycles. The largest absolute Gasteiger partial charge is 0.497 e. The van der Waals surface area contributed by atoms with E-state index >= 15 is 0 Å². The Hall–Kier alpha value is -0.640. The Morgan fingerprint density at radius 1 is 1.29 bits per heavy atom. The van der Waals surface area contributed by atoms with E-state index in [1.54, 1.807) is 0 Å². The van der Waals surface area contributed by atoms with E-state index in [0.29, 0.717) is 6.61 Å². The second-order valence-electron chi connectivity index (χ2n) is 5.37. The molecule has 2 fully saturated rings. The lowest BCUT2D eigenvalue weighted by Gasteiger charge is -2.58. The molecule has 1 spiro atoms. The van der Waals surface area contributed by atoms with Crippen LogP contribution in [0.25, 0.3) is 0 Å². The van der Waals surface area contributed by atoms with Crippen LogP contribution < -0.4 is 0 Å². The summed E-state index contributed by atoms with van der Waals surface area (Å²) in [5.41, 5.74) is -0.0763. The van der Waals surface area contributed by atoms with Crippen molar-refractivity contribution in [3.05, 3.63) is 11.8 Å². The Balaban J connectivity index is 1.75. The molecular weight excluding hydrogens is 224 g/mol. The fraction of sp³-hybridized carbons (Fsp3) is 0.846. The molecule has 0 bridgehead atoms. The summed E-state index contributed by atoms with van der Waals surface area (Å²) in [7, 11) is 0. The van der Waals surface area contributed by atoms with Crippen LogP contribution >= 0.6 is 0 Å². The molecule has 17 heavy (non-hydrogen) atoms. The maximum absolute atomic E-state index is 12.8. The number of hydrogen-bond acceptors (Lipinski definition) is 2. The lowest BCUT2D eigenvalue weighted by atomic mass is 9.61. The monoisotopic (exact) mass is 245 g/mol. The standard InChI is InChI=1S/C13H21F2NO/c1-3-5-11(17-4-2)6-16-9-12(10-16)7-13(14,15)8-12/h5H,3-4,6-10H2,1-2H3/b11-5+. The fourth-order valence-electron chi connectivity index (χ4n) is 3.09. The van der Waals surface area contributed by atoms with Crippen molar-refractivity contribution < 1.29 is 13.5 Å². The molecule has 0 N–H and O–H groups in total. The van der Waals surface area contributed by atoms with Gasteiger partial charge in [0.15, 0.2) is 0 Å². The predicted octanol–water partition coefficient (Wildman–Crippen LogP) is 3.05. The summed E-state index contributed by atoms with van der Waals surface area (Å²) in [6.07, 6.45) is 3.19. The average molecular weight is 245 g/mol. The highest BCUT2D eigenvalue weighted by molar-refractivity contribution is 5.10. The van der Waals surface area contributed by atoms with Gasteiger partial charge in [0, 0.05) is 31.3 Å². The quantitative estimate of drug-likeness (QED) is 0.690. The Morgan fingerprint density at radius 3 is 2.41 bits per heavy atom. The van der Waals surface area contributed by atoms with Crippen molar-refractivity contribution in [1.82, 2.24) is 4.90 Å². The molecule has 1 saturated carbocycles. The molecule has 0 radical (unpaired) electrons. The lowest BCUT2D eigenvalue weighted by Crippen LogP contribution is -2.65. The SMILES string of the molecule is CC/C=C(\CN1CC2(C1)CC(F)(F)C2)OCC. The van der Waals surface area contributed by atoms with Crippen LogP contribution in [-0.4, -0.2) is 37.1 Å². The molecule has 0 aromatic rings. The van der Waals surface area contributed by atoms with Crippen molar-refractivity contribution in [2.24, 2.45) is 5.41 Å². The summed E-state index contributed by atoms with van der Waals surface area (Å²) in [6, 6.07) is 0. The third-order valence-electron chi connectivity index (χ3n) is 3.53. The summed E-state index contributed by atoms with van der Waals surface area (Å²) in [6.45, 7) is 7.09. The van der Waals surface area contributed by atoms with Crippen LogP contribution in [0.1, 0.15) is 33.1 Å². The van der Waals surface area contributed by atoms with Crippen LogP contribution in [0.3, 0.4) is 0 Å². The van der Waals surface area contributed by atoms with Gasteiger partial charge in [-0.05, 0) is 19.4 Å². The first-order valence-corrected chi connectivity index (χ1v) is 6.41. The summed E-state index contributed by atoms with van der Waals surface area (Å²) in [5, 5.41) is 0. The summed E-state index contributed by atoms with van der Waals surface area (Å²) < 4.78 is 31.2. The second-order valence-corrected chi connectivity index (χ2v) is 5.37. The number of rotatable bonds is 5. The first-order valence-electron chi connectivity index (χ1n) is 6.41. The topological polar surface area (TPSA) is 12.5 Å². The van der Waals surface area contributed by atoms with Crippen molar-refractivity contribution in [3.8, 4) is 0 Å². The average Bonchev–Trinajstić information content (AvgIpc) is 2.12. The van der Waals surface area contributed by atoms with Gasteiger partial charge in [-0.1, -0.05) is 6.92 Å². The van der Waals surface area contributed by atoms with Crippen LogP contribution in [-0.2, 0) is 4.74 Å². The van der Waals surface area contributed by atoms with Crippen LogP contribution in [0.2, 0.25) is 0 Å². The number of allylic oxidation sites excluding steroid dienone is 1. The Labute approximate surface area is 102 Å². The predicted molar refractivity (Wildman–Crippen MR) is 63.1 cm³/mol. The number of alkyl halides is 2. The van der Waals surface area contributed by atoms with Crippen LogP contribution in [0, 0.1) is 5.41 Å². The summed E-state index contributed by atoms with van der Waals surface area (Å²) >= 11 is 0. The third kappa shape index (κ3) is 2.79. The molecule has 2 nitrogen and oxygen atoms in total. The zero-order chi connectivity index (χ0) is 12.5. The van der Waals surface area contributed by atoms with Crippen LogP contribution in [0.4, 0.5) is 8.78 Å². The van der Waals surface area contributed by atoms with Crippen molar-refractivity contribution in [3.63, 3.8) is 0 Å². The molecule has 0 aromatic heterocycles. The highest BCUT2D eigenvalue weighted by atomic mass is 19.3. The van der Waals surface area contributed by atoms with Gasteiger partial charge in [-0.3, -0.25) is 4.90 Å². The number of likely N-dealkylation sites (tertiary alicyclic amines) is 1. The summed E-state index contributed by atoms with van der Waals surface area (Å²) in [4.78, 5) is 2.20. The number of ether oxygens (including phenoxy) is 1. The molecule has 2 rings (SSSR count). The minimum Gasteiger partial charge on any atom is -0.497 e. The Bertz CT molecular complexity index is 299. The van der Waals surface area contributed by atoms with E-state index < -0.39 is 5.92 Å². The van der Waals surface area contributed by atoms with Gasteiger partial charge >= 0.3 is 0 Å². The van der Waals surface area contributed by atoms with E-state index in [9.17, 15) is 8.78 Å². The van der Waals surface area contributed by atoms with Gasteiger partial charge in [0.2, 0.25) is 5.92 Å². The highest BCUT2D eigenvalue weighted by Gasteiger charge is 2.61. The second kappa shape index (κ2) is 4.56. The summed E-state index contributed by atoms with van der Waals surface area (Å²) in [5.74, 6) is -1.41. The molecule has 0 amide bonds. The molecule has 2 aliphatic rings. The molecule has 1 aliphatic heterocycles. The van der Waals surface area contributed by atoms with Gasteiger partial charge in [-0.25, -0.2) is 8.78 Å². The molecule has 0 unspecified atom stereocenters. The van der Waals surface area contributed by atoms with E-state index in [1.807, 2.05) is 6.92 Å². The minimum atomic E-state index is -2.39. The van der Waals surface area contributed by atoms with Gasteiger partial charge in [0.25, 0.3) is 0 Å². The van der Waals surface area contributed by atoms with E-state index in [-0.39, 0.29) is 18.3 Å². The fourth-order valence-corrected chi connectivity index (χ4v) is 3.09.